The summed E-state index contributed by atoms with van der Waals surface area (Å²) >= 11 is 0. The van der Waals surface area contributed by atoms with E-state index in [1.807, 2.05) is 13.0 Å². The summed E-state index contributed by atoms with van der Waals surface area (Å²) in [5.41, 5.74) is 2.58. The number of likely N-dealkylation sites (tertiary alicyclic amines) is 1. The second-order valence-corrected chi connectivity index (χ2v) is 8.19. The topological polar surface area (TPSA) is 73.8 Å². The van der Waals surface area contributed by atoms with Crippen LogP contribution in [0.3, 0.4) is 0 Å². The van der Waals surface area contributed by atoms with Gasteiger partial charge in [-0.05, 0) is 49.7 Å². The molecule has 7 heteroatoms. The number of imide groups is 1. The minimum atomic E-state index is -0.117. The number of benzene rings is 1. The largest absolute Gasteiger partial charge is 0.357 e. The second kappa shape index (κ2) is 9.94. The quantitative estimate of drug-likeness (QED) is 0.190. The van der Waals surface area contributed by atoms with Gasteiger partial charge < -0.3 is 10.6 Å². The minimum Gasteiger partial charge on any atom is -0.357 e. The molecule has 1 aliphatic heterocycles. The Bertz CT molecular complexity index is 823. The zero-order chi connectivity index (χ0) is 20.4. The number of allylic oxidation sites excluding steroid dienone is 2. The van der Waals surface area contributed by atoms with Crippen LogP contribution in [0.5, 0.6) is 0 Å². The number of nitrogens with zero attached hydrogens (tertiary/aromatic N) is 2. The number of hydrogen-bond acceptors (Lipinski definition) is 3. The number of amides is 2. The number of aliphatic imine (C=N–C) groups is 1. The highest BCUT2D eigenvalue weighted by Crippen LogP contribution is 2.52. The predicted molar refractivity (Wildman–Crippen MR) is 129 cm³/mol. The van der Waals surface area contributed by atoms with Crippen LogP contribution in [-0.4, -0.2) is 48.9 Å². The average molecular weight is 522 g/mol. The smallest absolute Gasteiger partial charge is 0.233 e. The fourth-order valence-electron chi connectivity index (χ4n) is 4.99. The van der Waals surface area contributed by atoms with Gasteiger partial charge in [0.05, 0.1) is 11.8 Å². The SMILES string of the molecule is CCNC(=NCCc1ccccc1C)NCCN1C(=O)C2C3C=CC(C3)C2C1=O.I. The van der Waals surface area contributed by atoms with Gasteiger partial charge in [-0.2, -0.15) is 0 Å². The molecule has 4 unspecified atom stereocenters. The molecule has 1 aromatic rings. The maximum Gasteiger partial charge on any atom is 0.233 e. The molecule has 0 radical (unpaired) electrons. The molecule has 2 aliphatic carbocycles. The van der Waals surface area contributed by atoms with Crippen molar-refractivity contribution in [3.05, 3.63) is 47.5 Å². The van der Waals surface area contributed by atoms with E-state index in [1.165, 1.54) is 16.0 Å². The van der Waals surface area contributed by atoms with E-state index in [2.05, 4.69) is 52.9 Å². The average Bonchev–Trinajstić information content (AvgIpc) is 3.39. The normalized spacial score (nSPS) is 26.7. The Morgan fingerprint density at radius 2 is 1.77 bits per heavy atom. The molecule has 0 aromatic heterocycles. The highest BCUT2D eigenvalue weighted by Gasteiger charge is 2.58. The van der Waals surface area contributed by atoms with E-state index in [9.17, 15) is 9.59 Å². The van der Waals surface area contributed by atoms with Gasteiger partial charge >= 0.3 is 0 Å². The Balaban J connectivity index is 0.00000256. The van der Waals surface area contributed by atoms with Crippen molar-refractivity contribution in [1.29, 1.82) is 0 Å². The lowest BCUT2D eigenvalue weighted by Crippen LogP contribution is -2.43. The Kier molecular flexibility index (Phi) is 7.55. The van der Waals surface area contributed by atoms with Crippen molar-refractivity contribution in [1.82, 2.24) is 15.5 Å². The first-order valence-electron chi connectivity index (χ1n) is 10.7. The molecule has 30 heavy (non-hydrogen) atoms. The highest BCUT2D eigenvalue weighted by atomic mass is 127. The monoisotopic (exact) mass is 522 g/mol. The van der Waals surface area contributed by atoms with Crippen molar-refractivity contribution in [2.75, 3.05) is 26.2 Å². The maximum absolute atomic E-state index is 12.7. The molecular weight excluding hydrogens is 491 g/mol. The molecule has 2 amide bonds. The van der Waals surface area contributed by atoms with E-state index < -0.39 is 0 Å². The molecule has 0 spiro atoms. The number of aryl methyl sites for hydroxylation is 1. The van der Waals surface area contributed by atoms with Crippen molar-refractivity contribution in [2.45, 2.75) is 26.7 Å². The summed E-state index contributed by atoms with van der Waals surface area (Å²) < 4.78 is 0. The summed E-state index contributed by atoms with van der Waals surface area (Å²) in [6.45, 7) is 6.49. The number of nitrogens with one attached hydrogen (secondary N) is 2. The fourth-order valence-corrected chi connectivity index (χ4v) is 4.99. The Hall–Kier alpha value is -1.90. The molecule has 1 aromatic carbocycles. The fraction of sp³-hybridized carbons (Fsp3) is 0.522. The lowest BCUT2D eigenvalue weighted by atomic mass is 9.85. The molecule has 2 bridgehead atoms. The van der Waals surface area contributed by atoms with Crippen molar-refractivity contribution < 1.29 is 9.59 Å². The number of fused-ring (bicyclic) bond motifs is 5. The number of guanidine groups is 1. The Morgan fingerprint density at radius 3 is 2.40 bits per heavy atom. The molecule has 3 aliphatic rings. The van der Waals surface area contributed by atoms with Crippen LogP contribution in [0.2, 0.25) is 0 Å². The van der Waals surface area contributed by atoms with E-state index in [0.29, 0.717) is 19.6 Å². The molecule has 2 fully saturated rings. The maximum atomic E-state index is 12.7. The molecule has 4 atom stereocenters. The molecule has 6 nitrogen and oxygen atoms in total. The van der Waals surface area contributed by atoms with E-state index >= 15 is 0 Å². The number of carbonyl (C=O) groups excluding carboxylic acids is 2. The Labute approximate surface area is 195 Å². The van der Waals surface area contributed by atoms with Gasteiger partial charge in [0.1, 0.15) is 0 Å². The molecule has 1 saturated heterocycles. The standard InChI is InChI=1S/C23H30N4O2.HI/c1-3-24-23(25-11-10-16-7-5-4-6-15(16)2)26-12-13-27-21(28)19-17-8-9-18(14-17)20(19)22(27)29;/h4-9,17-20H,3,10-14H2,1-2H3,(H2,24,25,26);1H. The van der Waals surface area contributed by atoms with E-state index in [-0.39, 0.29) is 59.5 Å². The second-order valence-electron chi connectivity index (χ2n) is 8.19. The zero-order valence-corrected chi connectivity index (χ0v) is 20.0. The van der Waals surface area contributed by atoms with Gasteiger partial charge in [-0.15, -0.1) is 24.0 Å². The number of hydrogen-bond donors (Lipinski definition) is 2. The number of carbonyl (C=O) groups is 2. The summed E-state index contributed by atoms with van der Waals surface area (Å²) in [7, 11) is 0. The first-order chi connectivity index (χ1) is 14.1. The van der Waals surface area contributed by atoms with Crippen LogP contribution in [0, 0.1) is 30.6 Å². The molecule has 162 valence electrons. The first-order valence-corrected chi connectivity index (χ1v) is 10.7. The summed E-state index contributed by atoms with van der Waals surface area (Å²) in [4.78, 5) is 31.6. The van der Waals surface area contributed by atoms with Crippen LogP contribution in [-0.2, 0) is 16.0 Å². The van der Waals surface area contributed by atoms with Crippen LogP contribution in [0.15, 0.2) is 41.4 Å². The third-order valence-electron chi connectivity index (χ3n) is 6.45. The highest BCUT2D eigenvalue weighted by molar-refractivity contribution is 14.0. The van der Waals surface area contributed by atoms with Crippen LogP contribution in [0.4, 0.5) is 0 Å². The van der Waals surface area contributed by atoms with Crippen molar-refractivity contribution in [3.63, 3.8) is 0 Å². The first kappa shape index (κ1) is 22.8. The third-order valence-corrected chi connectivity index (χ3v) is 6.45. The molecule has 1 heterocycles. The van der Waals surface area contributed by atoms with Crippen LogP contribution < -0.4 is 10.6 Å². The van der Waals surface area contributed by atoms with Crippen molar-refractivity contribution in [3.8, 4) is 0 Å². The van der Waals surface area contributed by atoms with Gasteiger partial charge in [0.25, 0.3) is 0 Å². The van der Waals surface area contributed by atoms with Crippen LogP contribution in [0.25, 0.3) is 0 Å². The lowest BCUT2D eigenvalue weighted by Gasteiger charge is -2.18. The van der Waals surface area contributed by atoms with Gasteiger partial charge in [0, 0.05) is 26.2 Å². The zero-order valence-electron chi connectivity index (χ0n) is 17.6. The Morgan fingerprint density at radius 1 is 1.10 bits per heavy atom. The van der Waals surface area contributed by atoms with Gasteiger partial charge in [0.2, 0.25) is 11.8 Å². The molecular formula is C23H31IN4O2. The van der Waals surface area contributed by atoms with Crippen LogP contribution in [0.1, 0.15) is 24.5 Å². The summed E-state index contributed by atoms with van der Waals surface area (Å²) in [6.07, 6.45) is 6.11. The third kappa shape index (κ3) is 4.40. The van der Waals surface area contributed by atoms with Gasteiger partial charge in [0.15, 0.2) is 5.96 Å². The predicted octanol–water partition coefficient (Wildman–Crippen LogP) is 2.52. The summed E-state index contributed by atoms with van der Waals surface area (Å²) in [5.74, 6) is 1.05. The molecule has 1 saturated carbocycles. The van der Waals surface area contributed by atoms with E-state index in [0.717, 1.165) is 25.3 Å². The number of halogens is 1. The van der Waals surface area contributed by atoms with E-state index in [1.54, 1.807) is 0 Å². The van der Waals surface area contributed by atoms with Crippen molar-refractivity contribution >= 4 is 41.8 Å². The number of rotatable bonds is 7. The lowest BCUT2D eigenvalue weighted by molar-refractivity contribution is -0.140. The van der Waals surface area contributed by atoms with Crippen molar-refractivity contribution in [2.24, 2.45) is 28.7 Å². The summed E-state index contributed by atoms with van der Waals surface area (Å²) in [5, 5.41) is 6.51. The minimum absolute atomic E-state index is 0. The van der Waals surface area contributed by atoms with Gasteiger partial charge in [-0.1, -0.05) is 36.4 Å². The molecule has 2 N–H and O–H groups in total. The van der Waals surface area contributed by atoms with Gasteiger partial charge in [-0.3, -0.25) is 19.5 Å². The molecule has 4 rings (SSSR count). The van der Waals surface area contributed by atoms with Gasteiger partial charge in [-0.25, -0.2) is 0 Å². The summed E-state index contributed by atoms with van der Waals surface area (Å²) in [6, 6.07) is 8.35. The van der Waals surface area contributed by atoms with E-state index in [4.69, 9.17) is 0 Å². The van der Waals surface area contributed by atoms with Crippen LogP contribution >= 0.6 is 24.0 Å².